The van der Waals surface area contributed by atoms with Crippen LogP contribution in [0.1, 0.15) is 18.9 Å². The number of carbonyl (C=O) groups is 2. The minimum atomic E-state index is -0.973. The van der Waals surface area contributed by atoms with Gasteiger partial charge >= 0.3 is 5.97 Å². The molecule has 1 N–H and O–H groups in total. The van der Waals surface area contributed by atoms with Crippen LogP contribution in [-0.2, 0) is 20.9 Å². The van der Waals surface area contributed by atoms with E-state index in [0.717, 1.165) is 5.56 Å². The molecule has 0 spiro atoms. The summed E-state index contributed by atoms with van der Waals surface area (Å²) >= 11 is 5.95. The second-order valence-electron chi connectivity index (χ2n) is 6.58. The Kier molecular flexibility index (Phi) is 6.29. The van der Waals surface area contributed by atoms with Crippen LogP contribution in [0.2, 0.25) is 5.02 Å². The van der Waals surface area contributed by atoms with Crippen molar-refractivity contribution >= 4 is 40.1 Å². The van der Waals surface area contributed by atoms with Gasteiger partial charge in [-0.05, 0) is 43.7 Å². The predicted molar refractivity (Wildman–Crippen MR) is 111 cm³/mol. The summed E-state index contributed by atoms with van der Waals surface area (Å²) in [7, 11) is 0. The predicted octanol–water partition coefficient (Wildman–Crippen LogP) is 3.32. The number of amides is 1. The van der Waals surface area contributed by atoms with E-state index in [2.05, 4.69) is 10.4 Å². The summed E-state index contributed by atoms with van der Waals surface area (Å²) in [6.45, 7) is 3.56. The van der Waals surface area contributed by atoms with Gasteiger partial charge in [-0.2, -0.15) is 5.10 Å². The molecule has 1 aromatic heterocycles. The lowest BCUT2D eigenvalue weighted by atomic mass is 10.2. The molecular weight excluding hydrogens is 394 g/mol. The van der Waals surface area contributed by atoms with E-state index in [9.17, 15) is 14.4 Å². The van der Waals surface area contributed by atoms with E-state index in [4.69, 9.17) is 16.3 Å². The molecule has 2 aromatic carbocycles. The first-order valence-corrected chi connectivity index (χ1v) is 9.44. The third-order valence-electron chi connectivity index (χ3n) is 4.42. The molecule has 29 heavy (non-hydrogen) atoms. The van der Waals surface area contributed by atoms with Gasteiger partial charge < -0.3 is 10.1 Å². The largest absolute Gasteiger partial charge is 0.452 e. The second-order valence-corrected chi connectivity index (χ2v) is 7.02. The number of para-hydroxylation sites is 1. The van der Waals surface area contributed by atoms with E-state index >= 15 is 0 Å². The zero-order valence-electron chi connectivity index (χ0n) is 16.0. The Morgan fingerprint density at radius 3 is 2.79 bits per heavy atom. The highest BCUT2D eigenvalue weighted by Crippen LogP contribution is 2.20. The number of fused-ring (bicyclic) bond motifs is 1. The van der Waals surface area contributed by atoms with Gasteiger partial charge in [-0.3, -0.25) is 19.1 Å². The van der Waals surface area contributed by atoms with E-state index < -0.39 is 18.0 Å². The quantitative estimate of drug-likeness (QED) is 0.626. The summed E-state index contributed by atoms with van der Waals surface area (Å²) in [5.41, 5.74) is 1.86. The van der Waals surface area contributed by atoms with Crippen molar-refractivity contribution in [3.63, 3.8) is 0 Å². The molecule has 0 bridgehead atoms. The van der Waals surface area contributed by atoms with Crippen molar-refractivity contribution < 1.29 is 14.3 Å². The van der Waals surface area contributed by atoms with Crippen LogP contribution in [0.3, 0.4) is 0 Å². The summed E-state index contributed by atoms with van der Waals surface area (Å²) < 4.78 is 6.79. The van der Waals surface area contributed by atoms with Crippen molar-refractivity contribution in [3.05, 3.63) is 69.5 Å². The van der Waals surface area contributed by atoms with Crippen LogP contribution in [0.5, 0.6) is 0 Å². The summed E-state index contributed by atoms with van der Waals surface area (Å²) in [5.74, 6) is -0.990. The minimum Gasteiger partial charge on any atom is -0.452 e. The molecule has 1 unspecified atom stereocenters. The highest BCUT2D eigenvalue weighted by Gasteiger charge is 2.19. The smallest absolute Gasteiger partial charge is 0.308 e. The molecule has 3 aromatic rings. The number of carbonyl (C=O) groups excluding carboxylic acids is 2. The number of ether oxygens (including phenoxy) is 1. The number of nitrogens with zero attached hydrogens (tertiary/aromatic N) is 2. The molecule has 0 aliphatic heterocycles. The number of benzene rings is 2. The molecule has 0 saturated heterocycles. The Bertz CT molecular complexity index is 1130. The fourth-order valence-corrected chi connectivity index (χ4v) is 2.98. The summed E-state index contributed by atoms with van der Waals surface area (Å²) in [4.78, 5) is 36.4. The van der Waals surface area contributed by atoms with Crippen LogP contribution < -0.4 is 10.7 Å². The molecule has 0 radical (unpaired) electrons. The first-order valence-electron chi connectivity index (χ1n) is 9.06. The van der Waals surface area contributed by atoms with Crippen molar-refractivity contribution in [2.24, 2.45) is 0 Å². The summed E-state index contributed by atoms with van der Waals surface area (Å²) in [6, 6.07) is 12.2. The van der Waals surface area contributed by atoms with Crippen molar-refractivity contribution in [3.8, 4) is 0 Å². The lowest BCUT2D eigenvalue weighted by Crippen LogP contribution is -2.30. The van der Waals surface area contributed by atoms with Crippen LogP contribution in [0, 0.1) is 6.92 Å². The number of aromatic nitrogens is 2. The average Bonchev–Trinajstić information content (AvgIpc) is 2.70. The maximum atomic E-state index is 12.3. The molecule has 0 aliphatic carbocycles. The lowest BCUT2D eigenvalue weighted by Gasteiger charge is -2.15. The van der Waals surface area contributed by atoms with E-state index in [1.54, 1.807) is 47.1 Å². The molecule has 0 saturated carbocycles. The standard InChI is InChI=1S/C21H20ClN3O4/c1-13-7-8-15(22)11-17(13)24-21(28)14(2)29-20(27)9-10-25-18-6-4-3-5-16(18)19(26)12-23-25/h3-8,11-12,14H,9-10H2,1-2H3,(H,24,28). The fraction of sp³-hybridized carbons (Fsp3) is 0.238. The molecule has 0 fully saturated rings. The average molecular weight is 414 g/mol. The van der Waals surface area contributed by atoms with Gasteiger partial charge in [-0.1, -0.05) is 29.8 Å². The maximum absolute atomic E-state index is 12.3. The maximum Gasteiger partial charge on any atom is 0.308 e. The summed E-state index contributed by atoms with van der Waals surface area (Å²) in [5, 5.41) is 7.80. The van der Waals surface area contributed by atoms with Gasteiger partial charge in [-0.15, -0.1) is 0 Å². The topological polar surface area (TPSA) is 90.3 Å². The Balaban J connectivity index is 1.59. The third-order valence-corrected chi connectivity index (χ3v) is 4.66. The second kappa shape index (κ2) is 8.87. The molecule has 3 rings (SSSR count). The van der Waals surface area contributed by atoms with E-state index in [0.29, 0.717) is 21.6 Å². The van der Waals surface area contributed by atoms with Gasteiger partial charge in [0.15, 0.2) is 6.10 Å². The first-order chi connectivity index (χ1) is 13.8. The Morgan fingerprint density at radius 1 is 1.24 bits per heavy atom. The van der Waals surface area contributed by atoms with E-state index in [1.807, 2.05) is 6.92 Å². The van der Waals surface area contributed by atoms with Crippen LogP contribution in [-0.4, -0.2) is 27.8 Å². The molecular formula is C21H20ClN3O4. The number of nitrogens with one attached hydrogen (secondary N) is 1. The zero-order valence-corrected chi connectivity index (χ0v) is 16.8. The third kappa shape index (κ3) is 5.00. The Hall–Kier alpha value is -3.19. The molecule has 1 amide bonds. The van der Waals surface area contributed by atoms with Gasteiger partial charge in [0.05, 0.1) is 24.7 Å². The van der Waals surface area contributed by atoms with Crippen LogP contribution in [0.15, 0.2) is 53.5 Å². The van der Waals surface area contributed by atoms with E-state index in [-0.39, 0.29) is 18.4 Å². The van der Waals surface area contributed by atoms with Crippen molar-refractivity contribution in [1.82, 2.24) is 9.78 Å². The van der Waals surface area contributed by atoms with Gasteiger partial charge in [0.25, 0.3) is 5.91 Å². The number of hydrogen-bond acceptors (Lipinski definition) is 5. The minimum absolute atomic E-state index is 0.00762. The number of aryl methyl sites for hydroxylation is 2. The molecule has 8 heteroatoms. The number of rotatable bonds is 6. The number of esters is 1. The van der Waals surface area contributed by atoms with Crippen LogP contribution in [0.4, 0.5) is 5.69 Å². The van der Waals surface area contributed by atoms with Crippen molar-refractivity contribution in [2.45, 2.75) is 32.9 Å². The number of halogens is 1. The number of anilines is 1. The lowest BCUT2D eigenvalue weighted by molar-refractivity contribution is -0.153. The van der Waals surface area contributed by atoms with Gasteiger partial charge in [0, 0.05) is 16.1 Å². The molecule has 1 heterocycles. The van der Waals surface area contributed by atoms with Gasteiger partial charge in [-0.25, -0.2) is 0 Å². The van der Waals surface area contributed by atoms with Crippen LogP contribution in [0.25, 0.3) is 10.9 Å². The van der Waals surface area contributed by atoms with Crippen molar-refractivity contribution in [2.75, 3.05) is 5.32 Å². The normalized spacial score (nSPS) is 11.8. The first kappa shape index (κ1) is 20.5. The monoisotopic (exact) mass is 413 g/mol. The highest BCUT2D eigenvalue weighted by molar-refractivity contribution is 6.31. The van der Waals surface area contributed by atoms with Gasteiger partial charge in [0.2, 0.25) is 5.43 Å². The highest BCUT2D eigenvalue weighted by atomic mass is 35.5. The SMILES string of the molecule is Cc1ccc(Cl)cc1NC(=O)C(C)OC(=O)CCn1ncc(=O)c2ccccc21. The van der Waals surface area contributed by atoms with Gasteiger partial charge in [0.1, 0.15) is 0 Å². The Morgan fingerprint density at radius 2 is 2.00 bits per heavy atom. The fourth-order valence-electron chi connectivity index (χ4n) is 2.81. The Labute approximate surface area is 172 Å². The van der Waals surface area contributed by atoms with Crippen molar-refractivity contribution in [1.29, 1.82) is 0 Å². The molecule has 1 atom stereocenters. The summed E-state index contributed by atoms with van der Waals surface area (Å²) in [6.07, 6.45) is 0.254. The zero-order chi connectivity index (χ0) is 21.0. The molecule has 0 aliphatic rings. The number of hydrogen-bond donors (Lipinski definition) is 1. The van der Waals surface area contributed by atoms with E-state index in [1.165, 1.54) is 13.1 Å². The molecule has 7 nitrogen and oxygen atoms in total. The molecule has 150 valence electrons. The van der Waals surface area contributed by atoms with Crippen LogP contribution >= 0.6 is 11.6 Å².